The van der Waals surface area contributed by atoms with Gasteiger partial charge >= 0.3 is 0 Å². The van der Waals surface area contributed by atoms with E-state index in [1.807, 2.05) is 81.4 Å². The number of benzene rings is 3. The lowest BCUT2D eigenvalue weighted by Crippen LogP contribution is -1.76. The molecule has 0 saturated heterocycles. The first-order valence-corrected chi connectivity index (χ1v) is 8.08. The van der Waals surface area contributed by atoms with E-state index < -0.39 is 0 Å². The van der Waals surface area contributed by atoms with Crippen LogP contribution in [0.2, 0.25) is 0 Å². The summed E-state index contributed by atoms with van der Waals surface area (Å²) in [6.07, 6.45) is 0. The third-order valence-corrected chi connectivity index (χ3v) is 3.38. The molecule has 24 heavy (non-hydrogen) atoms. The molecule has 0 bridgehead atoms. The van der Waals surface area contributed by atoms with Gasteiger partial charge in [0.15, 0.2) is 0 Å². The molecular formula is C21H22N2O. The Hall–Kier alpha value is -2.94. The molecule has 0 aromatic heterocycles. The molecule has 0 atom stereocenters. The molecule has 3 heteroatoms. The van der Waals surface area contributed by atoms with Gasteiger partial charge in [-0.05, 0) is 54.4 Å². The van der Waals surface area contributed by atoms with Crippen molar-refractivity contribution in [2.75, 3.05) is 0 Å². The Labute approximate surface area is 143 Å². The fraction of sp³-hybridized carbons (Fsp3) is 0.143. The predicted octanol–water partition coefficient (Wildman–Crippen LogP) is 6.81. The van der Waals surface area contributed by atoms with Crippen molar-refractivity contribution in [2.24, 2.45) is 10.2 Å². The third kappa shape index (κ3) is 4.78. The minimum absolute atomic E-state index is 0.271. The van der Waals surface area contributed by atoms with Crippen LogP contribution in [0, 0.1) is 6.92 Å². The van der Waals surface area contributed by atoms with Gasteiger partial charge < -0.3 is 5.11 Å². The quantitative estimate of drug-likeness (QED) is 0.530. The van der Waals surface area contributed by atoms with Crippen LogP contribution in [0.5, 0.6) is 5.75 Å². The molecule has 0 saturated carbocycles. The zero-order chi connectivity index (χ0) is 17.4. The van der Waals surface area contributed by atoms with E-state index in [1.54, 1.807) is 12.1 Å². The molecule has 0 heterocycles. The van der Waals surface area contributed by atoms with Gasteiger partial charge in [-0.25, -0.2) is 0 Å². The fourth-order valence-electron chi connectivity index (χ4n) is 2.10. The van der Waals surface area contributed by atoms with Crippen molar-refractivity contribution < 1.29 is 5.11 Å². The normalized spacial score (nSPS) is 10.3. The minimum atomic E-state index is 0.271. The van der Waals surface area contributed by atoms with Crippen LogP contribution in [0.3, 0.4) is 0 Å². The molecule has 0 fully saturated rings. The van der Waals surface area contributed by atoms with Crippen LogP contribution < -0.4 is 0 Å². The Morgan fingerprint density at radius 2 is 0.958 bits per heavy atom. The van der Waals surface area contributed by atoms with Crippen LogP contribution in [-0.2, 0) is 0 Å². The summed E-state index contributed by atoms with van der Waals surface area (Å²) in [5.74, 6) is 0.271. The lowest BCUT2D eigenvalue weighted by molar-refractivity contribution is 0.475. The second-order valence-corrected chi connectivity index (χ2v) is 5.13. The predicted molar refractivity (Wildman–Crippen MR) is 100 cm³/mol. The van der Waals surface area contributed by atoms with Crippen molar-refractivity contribution in [2.45, 2.75) is 20.8 Å². The molecule has 3 nitrogen and oxygen atoms in total. The number of rotatable bonds is 3. The lowest BCUT2D eigenvalue weighted by atomic mass is 10.1. The number of aryl methyl sites for hydroxylation is 1. The standard InChI is InChI=1S/C19H16N2O.C2H6/c1-14-2-8-17(9-3-14)20-21-18-10-4-15(5-11-18)16-6-12-19(22)13-7-16;1-2/h2-13,22H,1H3;1-2H3. The van der Waals surface area contributed by atoms with Gasteiger partial charge in [-0.1, -0.05) is 55.8 Å². The number of hydrogen-bond acceptors (Lipinski definition) is 3. The van der Waals surface area contributed by atoms with Crippen LogP contribution >= 0.6 is 0 Å². The van der Waals surface area contributed by atoms with Gasteiger partial charge in [0, 0.05) is 0 Å². The average Bonchev–Trinajstić information content (AvgIpc) is 2.64. The summed E-state index contributed by atoms with van der Waals surface area (Å²) in [6, 6.07) is 22.9. The van der Waals surface area contributed by atoms with Crippen LogP contribution in [0.25, 0.3) is 11.1 Å². The molecule has 0 aliphatic rings. The highest BCUT2D eigenvalue weighted by atomic mass is 16.3. The summed E-state index contributed by atoms with van der Waals surface area (Å²) < 4.78 is 0. The summed E-state index contributed by atoms with van der Waals surface area (Å²) in [4.78, 5) is 0. The topological polar surface area (TPSA) is 45.0 Å². The van der Waals surface area contributed by atoms with Crippen LogP contribution in [-0.4, -0.2) is 5.11 Å². The number of aromatic hydroxyl groups is 1. The molecule has 0 aliphatic heterocycles. The molecular weight excluding hydrogens is 296 g/mol. The van der Waals surface area contributed by atoms with Gasteiger partial charge in [-0.15, -0.1) is 0 Å². The molecule has 3 aromatic carbocycles. The maximum Gasteiger partial charge on any atom is 0.115 e. The summed E-state index contributed by atoms with van der Waals surface area (Å²) in [5.41, 5.74) is 4.99. The van der Waals surface area contributed by atoms with Crippen LogP contribution in [0.1, 0.15) is 19.4 Å². The molecule has 0 aliphatic carbocycles. The highest BCUT2D eigenvalue weighted by Gasteiger charge is 1.98. The van der Waals surface area contributed by atoms with Crippen LogP contribution in [0.4, 0.5) is 11.4 Å². The Kier molecular flexibility index (Phi) is 6.26. The SMILES string of the molecule is CC.Cc1ccc(N=Nc2ccc(-c3ccc(O)cc3)cc2)cc1. The Morgan fingerprint density at radius 1 is 0.583 bits per heavy atom. The lowest BCUT2D eigenvalue weighted by Gasteiger charge is -2.02. The highest BCUT2D eigenvalue weighted by molar-refractivity contribution is 5.65. The van der Waals surface area contributed by atoms with Gasteiger partial charge in [-0.2, -0.15) is 10.2 Å². The van der Waals surface area contributed by atoms with Gasteiger partial charge in [0.1, 0.15) is 5.75 Å². The van der Waals surface area contributed by atoms with Crippen molar-refractivity contribution in [1.29, 1.82) is 0 Å². The maximum absolute atomic E-state index is 9.32. The van der Waals surface area contributed by atoms with Crippen molar-refractivity contribution in [3.05, 3.63) is 78.4 Å². The molecule has 1 N–H and O–H groups in total. The van der Waals surface area contributed by atoms with Crippen molar-refractivity contribution in [3.8, 4) is 16.9 Å². The largest absolute Gasteiger partial charge is 0.508 e. The summed E-state index contributed by atoms with van der Waals surface area (Å²) in [7, 11) is 0. The number of hydrogen-bond donors (Lipinski definition) is 1. The third-order valence-electron chi connectivity index (χ3n) is 3.38. The Balaban J connectivity index is 0.00000100. The van der Waals surface area contributed by atoms with Gasteiger partial charge in [0.25, 0.3) is 0 Å². The Morgan fingerprint density at radius 3 is 1.42 bits per heavy atom. The van der Waals surface area contributed by atoms with Gasteiger partial charge in [0.2, 0.25) is 0 Å². The summed E-state index contributed by atoms with van der Waals surface area (Å²) in [5, 5.41) is 17.8. The smallest absolute Gasteiger partial charge is 0.115 e. The van der Waals surface area contributed by atoms with E-state index in [-0.39, 0.29) is 5.75 Å². The molecule has 0 amide bonds. The van der Waals surface area contributed by atoms with E-state index in [2.05, 4.69) is 10.2 Å². The molecule has 3 aromatic rings. The summed E-state index contributed by atoms with van der Waals surface area (Å²) in [6.45, 7) is 6.04. The number of phenolic OH excluding ortho intramolecular Hbond substituents is 1. The summed E-state index contributed by atoms with van der Waals surface area (Å²) >= 11 is 0. The second-order valence-electron chi connectivity index (χ2n) is 5.13. The fourth-order valence-corrected chi connectivity index (χ4v) is 2.10. The highest BCUT2D eigenvalue weighted by Crippen LogP contribution is 2.25. The number of nitrogens with zero attached hydrogens (tertiary/aromatic N) is 2. The van der Waals surface area contributed by atoms with E-state index in [4.69, 9.17) is 0 Å². The van der Waals surface area contributed by atoms with Crippen molar-refractivity contribution in [3.63, 3.8) is 0 Å². The average molecular weight is 318 g/mol. The van der Waals surface area contributed by atoms with E-state index >= 15 is 0 Å². The Bertz CT molecular complexity index is 774. The minimum Gasteiger partial charge on any atom is -0.508 e. The first kappa shape index (κ1) is 17.4. The van der Waals surface area contributed by atoms with E-state index in [9.17, 15) is 5.11 Å². The first-order valence-electron chi connectivity index (χ1n) is 8.08. The first-order chi connectivity index (χ1) is 11.7. The molecule has 0 spiro atoms. The van der Waals surface area contributed by atoms with Gasteiger partial charge in [-0.3, -0.25) is 0 Å². The molecule has 0 radical (unpaired) electrons. The molecule has 0 unspecified atom stereocenters. The van der Waals surface area contributed by atoms with E-state index in [0.29, 0.717) is 0 Å². The number of azo groups is 1. The van der Waals surface area contributed by atoms with E-state index in [0.717, 1.165) is 22.5 Å². The van der Waals surface area contributed by atoms with Crippen molar-refractivity contribution >= 4 is 11.4 Å². The maximum atomic E-state index is 9.32. The molecule has 3 rings (SSSR count). The van der Waals surface area contributed by atoms with Crippen molar-refractivity contribution in [1.82, 2.24) is 0 Å². The monoisotopic (exact) mass is 318 g/mol. The zero-order valence-electron chi connectivity index (χ0n) is 14.3. The zero-order valence-corrected chi connectivity index (χ0v) is 14.3. The number of phenols is 1. The molecule has 122 valence electrons. The van der Waals surface area contributed by atoms with Gasteiger partial charge in [0.05, 0.1) is 11.4 Å². The second kappa shape index (κ2) is 8.63. The van der Waals surface area contributed by atoms with E-state index in [1.165, 1.54) is 5.56 Å². The van der Waals surface area contributed by atoms with Crippen LogP contribution in [0.15, 0.2) is 83.0 Å².